The molecule has 122 valence electrons. The number of anilines is 1. The first kappa shape index (κ1) is 16.9. The highest BCUT2D eigenvalue weighted by Gasteiger charge is 2.17. The molecule has 0 spiro atoms. The van der Waals surface area contributed by atoms with E-state index >= 15 is 0 Å². The first-order chi connectivity index (χ1) is 10.4. The largest absolute Gasteiger partial charge is 0.325 e. The number of nitrogens with zero attached hydrogens (tertiary/aromatic N) is 2. The molecule has 1 aromatic rings. The summed E-state index contributed by atoms with van der Waals surface area (Å²) in [4.78, 5) is 14.3. The van der Waals surface area contributed by atoms with E-state index < -0.39 is 10.0 Å². The average Bonchev–Trinajstić information content (AvgIpc) is 2.48. The number of benzene rings is 1. The van der Waals surface area contributed by atoms with Crippen molar-refractivity contribution in [2.24, 2.45) is 0 Å². The predicted octanol–water partition coefficient (Wildman–Crippen LogP) is 1.36. The summed E-state index contributed by atoms with van der Waals surface area (Å²) in [5, 5.41) is 2.81. The van der Waals surface area contributed by atoms with Gasteiger partial charge >= 0.3 is 0 Å². The zero-order valence-electron chi connectivity index (χ0n) is 13.1. The van der Waals surface area contributed by atoms with Crippen molar-refractivity contribution >= 4 is 21.6 Å². The number of carbonyl (C=O) groups is 1. The van der Waals surface area contributed by atoms with Gasteiger partial charge in [-0.2, -0.15) is 0 Å². The summed E-state index contributed by atoms with van der Waals surface area (Å²) in [6.07, 6.45) is 3.52. The molecule has 1 aromatic carbocycles. The second-order valence-corrected chi connectivity index (χ2v) is 7.85. The zero-order chi connectivity index (χ0) is 16.2. The van der Waals surface area contributed by atoms with Gasteiger partial charge in [0, 0.05) is 19.8 Å². The second-order valence-electron chi connectivity index (χ2n) is 5.70. The van der Waals surface area contributed by atoms with E-state index in [9.17, 15) is 13.2 Å². The lowest BCUT2D eigenvalue weighted by Crippen LogP contribution is -2.36. The van der Waals surface area contributed by atoms with Crippen molar-refractivity contribution in [3.8, 4) is 0 Å². The summed E-state index contributed by atoms with van der Waals surface area (Å²) in [6, 6.07) is 6.24. The normalized spacial score (nSPS) is 16.7. The number of piperidine rings is 1. The van der Waals surface area contributed by atoms with Gasteiger partial charge in [0.25, 0.3) is 0 Å². The molecular formula is C15H23N3O3S. The summed E-state index contributed by atoms with van der Waals surface area (Å²) < 4.78 is 25.1. The Morgan fingerprint density at radius 1 is 1.14 bits per heavy atom. The maximum Gasteiger partial charge on any atom is 0.242 e. The number of hydrogen-bond acceptors (Lipinski definition) is 4. The van der Waals surface area contributed by atoms with Gasteiger partial charge in [0.15, 0.2) is 0 Å². The van der Waals surface area contributed by atoms with Crippen molar-refractivity contribution in [2.45, 2.75) is 24.2 Å². The first-order valence-corrected chi connectivity index (χ1v) is 8.88. The SMILES string of the molecule is CN(C)S(=O)(=O)c1ccc(NC(=O)CN2CCCCC2)cc1. The molecule has 6 nitrogen and oxygen atoms in total. The maximum atomic E-state index is 12.0. The lowest BCUT2D eigenvalue weighted by Gasteiger charge is -2.25. The molecule has 1 aliphatic rings. The van der Waals surface area contributed by atoms with Crippen LogP contribution in [0.2, 0.25) is 0 Å². The van der Waals surface area contributed by atoms with Gasteiger partial charge in [0.05, 0.1) is 11.4 Å². The quantitative estimate of drug-likeness (QED) is 0.887. The Balaban J connectivity index is 1.95. The van der Waals surface area contributed by atoms with Gasteiger partial charge in [-0.15, -0.1) is 0 Å². The molecule has 0 aliphatic carbocycles. The summed E-state index contributed by atoms with van der Waals surface area (Å²) in [5.41, 5.74) is 0.611. The van der Waals surface area contributed by atoms with E-state index in [-0.39, 0.29) is 10.8 Å². The van der Waals surface area contributed by atoms with Gasteiger partial charge in [-0.25, -0.2) is 12.7 Å². The van der Waals surface area contributed by atoms with Gasteiger partial charge in [-0.1, -0.05) is 6.42 Å². The highest BCUT2D eigenvalue weighted by atomic mass is 32.2. The molecule has 0 unspecified atom stereocenters. The number of sulfonamides is 1. The van der Waals surface area contributed by atoms with E-state index in [1.807, 2.05) is 0 Å². The Bertz CT molecular complexity index is 605. The highest BCUT2D eigenvalue weighted by Crippen LogP contribution is 2.16. The van der Waals surface area contributed by atoms with E-state index in [4.69, 9.17) is 0 Å². The molecule has 0 radical (unpaired) electrons. The van der Waals surface area contributed by atoms with Crippen LogP contribution in [0.4, 0.5) is 5.69 Å². The van der Waals surface area contributed by atoms with Crippen LogP contribution >= 0.6 is 0 Å². The Labute approximate surface area is 132 Å². The third kappa shape index (κ3) is 4.28. The van der Waals surface area contributed by atoms with Crippen LogP contribution in [0, 0.1) is 0 Å². The van der Waals surface area contributed by atoms with Crippen LogP contribution in [-0.4, -0.2) is 57.3 Å². The molecule has 1 amide bonds. The van der Waals surface area contributed by atoms with E-state index in [1.54, 1.807) is 12.1 Å². The van der Waals surface area contributed by atoms with Crippen LogP contribution in [-0.2, 0) is 14.8 Å². The van der Waals surface area contributed by atoms with Crippen LogP contribution in [0.15, 0.2) is 29.2 Å². The Morgan fingerprint density at radius 2 is 1.73 bits per heavy atom. The summed E-state index contributed by atoms with van der Waals surface area (Å²) in [5.74, 6) is -0.0647. The van der Waals surface area contributed by atoms with Crippen molar-refractivity contribution in [3.63, 3.8) is 0 Å². The molecular weight excluding hydrogens is 302 g/mol. The fourth-order valence-corrected chi connectivity index (χ4v) is 3.34. The molecule has 1 N–H and O–H groups in total. The minimum absolute atomic E-state index is 0.0647. The summed E-state index contributed by atoms with van der Waals surface area (Å²) in [6.45, 7) is 2.32. The number of amides is 1. The van der Waals surface area contributed by atoms with Crippen LogP contribution in [0.1, 0.15) is 19.3 Å². The van der Waals surface area contributed by atoms with Gasteiger partial charge in [-0.05, 0) is 50.2 Å². The molecule has 0 saturated carbocycles. The van der Waals surface area contributed by atoms with Gasteiger partial charge in [-0.3, -0.25) is 9.69 Å². The molecule has 1 saturated heterocycles. The molecule has 1 fully saturated rings. The van der Waals surface area contributed by atoms with Crippen molar-refractivity contribution in [1.29, 1.82) is 0 Å². The molecule has 1 heterocycles. The minimum atomic E-state index is -3.43. The van der Waals surface area contributed by atoms with Crippen molar-refractivity contribution in [2.75, 3.05) is 39.0 Å². The van der Waals surface area contributed by atoms with Crippen LogP contribution in [0.5, 0.6) is 0 Å². The molecule has 0 bridgehead atoms. The molecule has 2 rings (SSSR count). The lowest BCUT2D eigenvalue weighted by atomic mass is 10.1. The number of hydrogen-bond donors (Lipinski definition) is 1. The minimum Gasteiger partial charge on any atom is -0.325 e. The number of carbonyl (C=O) groups excluding carboxylic acids is 1. The van der Waals surface area contributed by atoms with Gasteiger partial charge in [0.2, 0.25) is 15.9 Å². The maximum absolute atomic E-state index is 12.0. The molecule has 7 heteroatoms. The summed E-state index contributed by atoms with van der Waals surface area (Å²) >= 11 is 0. The molecule has 22 heavy (non-hydrogen) atoms. The Kier molecular flexibility index (Phi) is 5.55. The van der Waals surface area contributed by atoms with Crippen molar-refractivity contribution < 1.29 is 13.2 Å². The predicted molar refractivity (Wildman–Crippen MR) is 86.2 cm³/mol. The zero-order valence-corrected chi connectivity index (χ0v) is 13.9. The molecule has 0 atom stereocenters. The van der Waals surface area contributed by atoms with Crippen LogP contribution in [0.3, 0.4) is 0 Å². The smallest absolute Gasteiger partial charge is 0.242 e. The lowest BCUT2D eigenvalue weighted by molar-refractivity contribution is -0.117. The van der Waals surface area contributed by atoms with Crippen LogP contribution < -0.4 is 5.32 Å². The highest BCUT2D eigenvalue weighted by molar-refractivity contribution is 7.89. The average molecular weight is 325 g/mol. The number of likely N-dealkylation sites (tertiary alicyclic amines) is 1. The Hall–Kier alpha value is -1.44. The van der Waals surface area contributed by atoms with E-state index in [2.05, 4.69) is 10.2 Å². The van der Waals surface area contributed by atoms with Gasteiger partial charge < -0.3 is 5.32 Å². The summed E-state index contributed by atoms with van der Waals surface area (Å²) in [7, 11) is -0.453. The van der Waals surface area contributed by atoms with Gasteiger partial charge in [0.1, 0.15) is 0 Å². The first-order valence-electron chi connectivity index (χ1n) is 7.44. The molecule has 0 aromatic heterocycles. The second kappa shape index (κ2) is 7.21. The van der Waals surface area contributed by atoms with Crippen molar-refractivity contribution in [3.05, 3.63) is 24.3 Å². The van der Waals surface area contributed by atoms with E-state index in [0.717, 1.165) is 30.2 Å². The standard InChI is InChI=1S/C15H23N3O3S/c1-17(2)22(20,21)14-8-6-13(7-9-14)16-15(19)12-18-10-4-3-5-11-18/h6-9H,3-5,10-12H2,1-2H3,(H,16,19). The fourth-order valence-electron chi connectivity index (χ4n) is 2.44. The van der Waals surface area contributed by atoms with Crippen LogP contribution in [0.25, 0.3) is 0 Å². The van der Waals surface area contributed by atoms with E-state index in [0.29, 0.717) is 12.2 Å². The van der Waals surface area contributed by atoms with Crippen molar-refractivity contribution in [1.82, 2.24) is 9.21 Å². The fraction of sp³-hybridized carbons (Fsp3) is 0.533. The number of rotatable bonds is 5. The third-order valence-corrected chi connectivity index (χ3v) is 5.56. The topological polar surface area (TPSA) is 69.7 Å². The third-order valence-electron chi connectivity index (χ3n) is 3.73. The number of nitrogens with one attached hydrogen (secondary N) is 1. The van der Waals surface area contributed by atoms with E-state index in [1.165, 1.54) is 32.6 Å². The Morgan fingerprint density at radius 3 is 2.27 bits per heavy atom. The monoisotopic (exact) mass is 325 g/mol. The molecule has 1 aliphatic heterocycles.